The number of nitrogens with zero attached hydrogens (tertiary/aromatic N) is 3. The summed E-state index contributed by atoms with van der Waals surface area (Å²) in [5.74, 6) is -0.578. The molecule has 7 heteroatoms. The highest BCUT2D eigenvalue weighted by atomic mass is 16.5. The Morgan fingerprint density at radius 1 is 1.36 bits per heavy atom. The molecule has 4 atom stereocenters. The Morgan fingerprint density at radius 2 is 2.18 bits per heavy atom. The standard InChI is InChI=1S/C21H25N3O4/c1-3-9-23-18-15(16(12-25)19(23)21(27)28-2)11-24-17(18)7-6-14(20(24)26)13-5-4-8-22-10-13/h4-8,10,15-16,18-19,25H,3,9,11-12H2,1-2H3/t15-,16-,18+,19-/m1/s1. The van der Waals surface area contributed by atoms with Crippen LogP contribution in [-0.2, 0) is 16.1 Å². The average Bonchev–Trinajstić information content (AvgIpc) is 3.24. The summed E-state index contributed by atoms with van der Waals surface area (Å²) in [6.45, 7) is 3.14. The van der Waals surface area contributed by atoms with E-state index in [1.54, 1.807) is 17.0 Å². The van der Waals surface area contributed by atoms with Gasteiger partial charge in [0.05, 0.1) is 13.2 Å². The van der Waals surface area contributed by atoms with Gasteiger partial charge in [-0.05, 0) is 31.2 Å². The maximum Gasteiger partial charge on any atom is 0.323 e. The quantitative estimate of drug-likeness (QED) is 0.787. The van der Waals surface area contributed by atoms with Crippen molar-refractivity contribution >= 4 is 5.97 Å². The number of likely N-dealkylation sites (tertiary alicyclic amines) is 1. The van der Waals surface area contributed by atoms with Crippen molar-refractivity contribution < 1.29 is 14.6 Å². The van der Waals surface area contributed by atoms with Crippen LogP contribution in [0.5, 0.6) is 0 Å². The highest BCUT2D eigenvalue weighted by molar-refractivity contribution is 5.77. The van der Waals surface area contributed by atoms with Crippen LogP contribution in [0.25, 0.3) is 11.1 Å². The zero-order chi connectivity index (χ0) is 19.8. The molecule has 2 aliphatic rings. The lowest BCUT2D eigenvalue weighted by Gasteiger charge is -2.29. The Morgan fingerprint density at radius 3 is 2.82 bits per heavy atom. The molecule has 2 aliphatic heterocycles. The van der Waals surface area contributed by atoms with Crippen LogP contribution in [0.2, 0.25) is 0 Å². The number of hydrogen-bond donors (Lipinski definition) is 1. The number of fused-ring (bicyclic) bond motifs is 3. The van der Waals surface area contributed by atoms with Gasteiger partial charge in [0.2, 0.25) is 0 Å². The second-order valence-corrected chi connectivity index (χ2v) is 7.49. The lowest BCUT2D eigenvalue weighted by molar-refractivity contribution is -0.148. The molecule has 0 saturated carbocycles. The number of esters is 1. The largest absolute Gasteiger partial charge is 0.468 e. The number of carbonyl (C=O) groups excluding carboxylic acids is 1. The number of carbonyl (C=O) groups is 1. The van der Waals surface area contributed by atoms with Crippen LogP contribution in [0.15, 0.2) is 41.5 Å². The third-order valence-electron chi connectivity index (χ3n) is 6.09. The molecular weight excluding hydrogens is 358 g/mol. The number of hydrogen-bond acceptors (Lipinski definition) is 6. The molecule has 0 aromatic carbocycles. The van der Waals surface area contributed by atoms with Crippen LogP contribution in [-0.4, -0.2) is 51.8 Å². The lowest BCUT2D eigenvalue weighted by Crippen LogP contribution is -2.43. The highest BCUT2D eigenvalue weighted by Gasteiger charge is 2.55. The van der Waals surface area contributed by atoms with Crippen LogP contribution in [0.1, 0.15) is 25.1 Å². The predicted octanol–water partition coefficient (Wildman–Crippen LogP) is 1.46. The molecule has 148 valence electrons. The fourth-order valence-electron chi connectivity index (χ4n) is 4.95. The van der Waals surface area contributed by atoms with Gasteiger partial charge in [0.15, 0.2) is 0 Å². The molecular formula is C21H25N3O4. The lowest BCUT2D eigenvalue weighted by atomic mass is 9.88. The molecule has 4 heterocycles. The van der Waals surface area contributed by atoms with Crippen LogP contribution >= 0.6 is 0 Å². The second-order valence-electron chi connectivity index (χ2n) is 7.49. The molecule has 1 fully saturated rings. The summed E-state index contributed by atoms with van der Waals surface area (Å²) in [6, 6.07) is 6.96. The molecule has 2 aromatic rings. The molecule has 0 spiro atoms. The molecule has 1 N–H and O–H groups in total. The van der Waals surface area contributed by atoms with Gasteiger partial charge in [0, 0.05) is 54.2 Å². The number of rotatable bonds is 5. The van der Waals surface area contributed by atoms with Gasteiger partial charge >= 0.3 is 5.97 Å². The summed E-state index contributed by atoms with van der Waals surface area (Å²) >= 11 is 0. The van der Waals surface area contributed by atoms with Gasteiger partial charge in [-0.15, -0.1) is 0 Å². The first-order valence-electron chi connectivity index (χ1n) is 9.70. The van der Waals surface area contributed by atoms with Gasteiger partial charge in [0.25, 0.3) is 5.56 Å². The summed E-state index contributed by atoms with van der Waals surface area (Å²) < 4.78 is 6.83. The summed E-state index contributed by atoms with van der Waals surface area (Å²) in [4.78, 5) is 31.9. The zero-order valence-corrected chi connectivity index (χ0v) is 16.1. The van der Waals surface area contributed by atoms with Gasteiger partial charge in [-0.2, -0.15) is 0 Å². The van der Waals surface area contributed by atoms with Gasteiger partial charge in [-0.1, -0.05) is 13.0 Å². The van der Waals surface area contributed by atoms with E-state index in [4.69, 9.17) is 4.74 Å². The third-order valence-corrected chi connectivity index (χ3v) is 6.09. The van der Waals surface area contributed by atoms with Gasteiger partial charge < -0.3 is 14.4 Å². The smallest absolute Gasteiger partial charge is 0.323 e. The van der Waals surface area contributed by atoms with Crippen molar-refractivity contribution in [2.75, 3.05) is 20.3 Å². The van der Waals surface area contributed by atoms with Crippen molar-refractivity contribution in [1.29, 1.82) is 0 Å². The number of methoxy groups -OCH3 is 1. The van der Waals surface area contributed by atoms with E-state index < -0.39 is 6.04 Å². The molecule has 2 aromatic heterocycles. The van der Waals surface area contributed by atoms with E-state index in [0.29, 0.717) is 18.7 Å². The van der Waals surface area contributed by atoms with E-state index in [0.717, 1.165) is 17.7 Å². The van der Waals surface area contributed by atoms with Crippen molar-refractivity contribution in [3.05, 3.63) is 52.7 Å². The number of ether oxygens (including phenoxy) is 1. The molecule has 28 heavy (non-hydrogen) atoms. The molecule has 7 nitrogen and oxygen atoms in total. The summed E-state index contributed by atoms with van der Waals surface area (Å²) in [5, 5.41) is 10.1. The summed E-state index contributed by atoms with van der Waals surface area (Å²) in [6.07, 6.45) is 4.24. The van der Waals surface area contributed by atoms with Crippen molar-refractivity contribution in [1.82, 2.24) is 14.5 Å². The predicted molar refractivity (Wildman–Crippen MR) is 104 cm³/mol. The van der Waals surface area contributed by atoms with E-state index in [-0.39, 0.29) is 36.0 Å². The minimum absolute atomic E-state index is 0.00232. The van der Waals surface area contributed by atoms with E-state index in [9.17, 15) is 14.7 Å². The van der Waals surface area contributed by atoms with Crippen molar-refractivity contribution in [2.45, 2.75) is 32.0 Å². The SMILES string of the molecule is CCCN1[C@@H]2c3ccc(-c4cccnc4)c(=O)n3C[C@@H]2[C@@H](CO)[C@@H]1C(=O)OC. The van der Waals surface area contributed by atoms with Crippen LogP contribution in [0, 0.1) is 11.8 Å². The number of aliphatic hydroxyl groups excluding tert-OH is 1. The Bertz CT molecular complexity index is 927. The van der Waals surface area contributed by atoms with Crippen LogP contribution < -0.4 is 5.56 Å². The van der Waals surface area contributed by atoms with Gasteiger partial charge in [0.1, 0.15) is 6.04 Å². The topological polar surface area (TPSA) is 84.7 Å². The highest BCUT2D eigenvalue weighted by Crippen LogP contribution is 2.49. The maximum atomic E-state index is 13.2. The van der Waals surface area contributed by atoms with Crippen molar-refractivity contribution in [2.24, 2.45) is 11.8 Å². The fourth-order valence-corrected chi connectivity index (χ4v) is 4.95. The Balaban J connectivity index is 1.79. The maximum absolute atomic E-state index is 13.2. The van der Waals surface area contributed by atoms with E-state index >= 15 is 0 Å². The molecule has 0 aliphatic carbocycles. The minimum Gasteiger partial charge on any atom is -0.468 e. The number of aliphatic hydroxyl groups is 1. The average molecular weight is 383 g/mol. The first-order chi connectivity index (χ1) is 13.6. The summed E-state index contributed by atoms with van der Waals surface area (Å²) in [5.41, 5.74) is 2.25. The second kappa shape index (κ2) is 7.48. The number of aromatic nitrogens is 2. The van der Waals surface area contributed by atoms with E-state index in [2.05, 4.69) is 16.8 Å². The van der Waals surface area contributed by atoms with Gasteiger partial charge in [-0.3, -0.25) is 19.5 Å². The van der Waals surface area contributed by atoms with E-state index in [1.807, 2.05) is 24.3 Å². The van der Waals surface area contributed by atoms with Crippen LogP contribution in [0.3, 0.4) is 0 Å². The third kappa shape index (κ3) is 2.77. The minimum atomic E-state index is -0.480. The molecule has 0 radical (unpaired) electrons. The zero-order valence-electron chi connectivity index (χ0n) is 16.1. The molecule has 0 unspecified atom stereocenters. The normalized spacial score (nSPS) is 26.1. The Hall–Kier alpha value is -2.51. The fraction of sp³-hybridized carbons (Fsp3) is 0.476. The molecule has 4 rings (SSSR count). The molecule has 0 amide bonds. The van der Waals surface area contributed by atoms with E-state index in [1.165, 1.54) is 7.11 Å². The first kappa shape index (κ1) is 18.8. The monoisotopic (exact) mass is 383 g/mol. The molecule has 0 bridgehead atoms. The van der Waals surface area contributed by atoms with Gasteiger partial charge in [-0.25, -0.2) is 0 Å². The summed E-state index contributed by atoms with van der Waals surface area (Å²) in [7, 11) is 1.38. The van der Waals surface area contributed by atoms with Crippen molar-refractivity contribution in [3.63, 3.8) is 0 Å². The molecule has 1 saturated heterocycles. The van der Waals surface area contributed by atoms with Crippen molar-refractivity contribution in [3.8, 4) is 11.1 Å². The Kier molecular flexibility index (Phi) is 5.03. The number of pyridine rings is 2. The first-order valence-corrected chi connectivity index (χ1v) is 9.70. The van der Waals surface area contributed by atoms with Crippen LogP contribution in [0.4, 0.5) is 0 Å². The Labute approximate surface area is 163 Å².